The van der Waals surface area contributed by atoms with Gasteiger partial charge in [-0.2, -0.15) is 4.98 Å². The van der Waals surface area contributed by atoms with Crippen molar-refractivity contribution in [2.45, 2.75) is 13.8 Å². The predicted octanol–water partition coefficient (Wildman–Crippen LogP) is 2.30. The molecular weight excluding hydrogens is 216 g/mol. The minimum absolute atomic E-state index is 0.484. The van der Waals surface area contributed by atoms with Crippen molar-refractivity contribution >= 4 is 11.0 Å². The van der Waals surface area contributed by atoms with Crippen LogP contribution in [0.4, 0.5) is 0 Å². The number of benzene rings is 1. The number of fused-ring (bicyclic) bond motifs is 1. The van der Waals surface area contributed by atoms with Crippen molar-refractivity contribution in [3.8, 4) is 11.5 Å². The lowest BCUT2D eigenvalue weighted by molar-refractivity contribution is 0.394. The average molecular weight is 226 g/mol. The van der Waals surface area contributed by atoms with Crippen LogP contribution in [0, 0.1) is 13.8 Å². The Labute approximate surface area is 97.5 Å². The number of hydrogen-bond acceptors (Lipinski definition) is 5. The molecule has 3 rings (SSSR count). The first kappa shape index (κ1) is 9.89. The van der Waals surface area contributed by atoms with Crippen LogP contribution in [0.5, 0.6) is 0 Å². The van der Waals surface area contributed by atoms with E-state index in [-0.39, 0.29) is 0 Å². The summed E-state index contributed by atoms with van der Waals surface area (Å²) >= 11 is 0. The van der Waals surface area contributed by atoms with Gasteiger partial charge in [0, 0.05) is 6.92 Å². The molecule has 5 heteroatoms. The molecule has 0 unspecified atom stereocenters. The third kappa shape index (κ3) is 1.65. The smallest absolute Gasteiger partial charge is 0.223 e. The first-order valence-corrected chi connectivity index (χ1v) is 5.28. The van der Waals surface area contributed by atoms with Crippen molar-refractivity contribution in [3.05, 3.63) is 35.9 Å². The van der Waals surface area contributed by atoms with Crippen molar-refractivity contribution in [2.75, 3.05) is 0 Å². The zero-order valence-electron chi connectivity index (χ0n) is 9.51. The summed E-state index contributed by atoms with van der Waals surface area (Å²) in [6.45, 7) is 3.64. The van der Waals surface area contributed by atoms with E-state index in [0.29, 0.717) is 17.4 Å². The molecule has 0 spiro atoms. The molecule has 0 bridgehead atoms. The molecule has 5 nitrogen and oxygen atoms in total. The fraction of sp³-hybridized carbons (Fsp3) is 0.167. The highest BCUT2D eigenvalue weighted by Crippen LogP contribution is 2.19. The molecule has 0 aliphatic rings. The van der Waals surface area contributed by atoms with Crippen LogP contribution in [0.1, 0.15) is 11.6 Å². The highest BCUT2D eigenvalue weighted by molar-refractivity contribution is 5.76. The third-order valence-corrected chi connectivity index (χ3v) is 2.48. The number of hydrogen-bond donors (Lipinski definition) is 0. The molecule has 3 aromatic rings. The van der Waals surface area contributed by atoms with Crippen LogP contribution >= 0.6 is 0 Å². The fourth-order valence-corrected chi connectivity index (χ4v) is 1.70. The topological polar surface area (TPSA) is 64.7 Å². The number of nitrogens with zero attached hydrogens (tertiary/aromatic N) is 4. The maximum atomic E-state index is 4.96. The van der Waals surface area contributed by atoms with E-state index in [1.165, 1.54) is 0 Å². The van der Waals surface area contributed by atoms with Gasteiger partial charge in [0.2, 0.25) is 11.7 Å². The lowest BCUT2D eigenvalue weighted by Gasteiger charge is -2.02. The van der Waals surface area contributed by atoms with Crippen LogP contribution in [0.25, 0.3) is 22.6 Å². The van der Waals surface area contributed by atoms with E-state index in [2.05, 4.69) is 20.1 Å². The Kier molecular flexibility index (Phi) is 2.11. The van der Waals surface area contributed by atoms with Gasteiger partial charge in [0.1, 0.15) is 5.69 Å². The highest BCUT2D eigenvalue weighted by atomic mass is 16.5. The molecule has 0 N–H and O–H groups in total. The van der Waals surface area contributed by atoms with Gasteiger partial charge in [-0.3, -0.25) is 0 Å². The molecule has 2 aromatic heterocycles. The molecule has 0 amide bonds. The summed E-state index contributed by atoms with van der Waals surface area (Å²) in [6.07, 6.45) is 0. The van der Waals surface area contributed by atoms with Crippen LogP contribution in [0.3, 0.4) is 0 Å². The van der Waals surface area contributed by atoms with Crippen molar-refractivity contribution in [3.63, 3.8) is 0 Å². The van der Waals surface area contributed by atoms with E-state index in [1.807, 2.05) is 31.2 Å². The molecule has 0 aliphatic heterocycles. The van der Waals surface area contributed by atoms with E-state index in [9.17, 15) is 0 Å². The number of rotatable bonds is 1. The van der Waals surface area contributed by atoms with Crippen molar-refractivity contribution in [2.24, 2.45) is 0 Å². The number of aromatic nitrogens is 4. The minimum Gasteiger partial charge on any atom is -0.339 e. The summed E-state index contributed by atoms with van der Waals surface area (Å²) in [7, 11) is 0. The molecule has 0 saturated carbocycles. The molecule has 1 aromatic carbocycles. The second-order valence-corrected chi connectivity index (χ2v) is 3.78. The van der Waals surface area contributed by atoms with Gasteiger partial charge in [-0.1, -0.05) is 17.3 Å². The number of para-hydroxylation sites is 2. The summed E-state index contributed by atoms with van der Waals surface area (Å²) in [5.41, 5.74) is 3.16. The molecule has 84 valence electrons. The first-order valence-electron chi connectivity index (χ1n) is 5.28. The standard InChI is InChI=1S/C12H10N4O/c1-7-11(12-14-8(2)17-16-12)15-10-6-4-3-5-9(10)13-7/h3-6H,1-2H3. The van der Waals surface area contributed by atoms with Crippen LogP contribution in [-0.4, -0.2) is 20.1 Å². The molecular formula is C12H10N4O. The second kappa shape index (κ2) is 3.62. The van der Waals surface area contributed by atoms with Gasteiger partial charge in [0.05, 0.1) is 16.7 Å². The predicted molar refractivity (Wildman–Crippen MR) is 62.3 cm³/mol. The maximum absolute atomic E-state index is 4.96. The van der Waals surface area contributed by atoms with E-state index < -0.39 is 0 Å². The molecule has 17 heavy (non-hydrogen) atoms. The third-order valence-electron chi connectivity index (χ3n) is 2.48. The molecule has 0 saturated heterocycles. The van der Waals surface area contributed by atoms with Gasteiger partial charge in [-0.15, -0.1) is 0 Å². The summed E-state index contributed by atoms with van der Waals surface area (Å²) in [5.74, 6) is 1.01. The molecule has 0 fully saturated rings. The molecule has 0 radical (unpaired) electrons. The van der Waals surface area contributed by atoms with Crippen LogP contribution in [-0.2, 0) is 0 Å². The second-order valence-electron chi connectivity index (χ2n) is 3.78. The van der Waals surface area contributed by atoms with Crippen molar-refractivity contribution < 1.29 is 4.52 Å². The average Bonchev–Trinajstić information content (AvgIpc) is 2.75. The Morgan fingerprint density at radius 3 is 2.29 bits per heavy atom. The summed E-state index contributed by atoms with van der Waals surface area (Å²) in [4.78, 5) is 13.2. The van der Waals surface area contributed by atoms with Crippen LogP contribution in [0.15, 0.2) is 28.8 Å². The van der Waals surface area contributed by atoms with Crippen molar-refractivity contribution in [1.82, 2.24) is 20.1 Å². The Morgan fingerprint density at radius 1 is 0.941 bits per heavy atom. The lowest BCUT2D eigenvalue weighted by Crippen LogP contribution is -1.95. The van der Waals surface area contributed by atoms with E-state index in [0.717, 1.165) is 16.7 Å². The molecule has 0 atom stereocenters. The summed E-state index contributed by atoms with van der Waals surface area (Å²) in [6, 6.07) is 7.71. The van der Waals surface area contributed by atoms with Crippen LogP contribution in [0.2, 0.25) is 0 Å². The summed E-state index contributed by atoms with van der Waals surface area (Å²) in [5, 5.41) is 3.87. The Morgan fingerprint density at radius 2 is 1.65 bits per heavy atom. The van der Waals surface area contributed by atoms with Gasteiger partial charge in [-0.05, 0) is 19.1 Å². The zero-order chi connectivity index (χ0) is 11.8. The fourth-order valence-electron chi connectivity index (χ4n) is 1.70. The Bertz CT molecular complexity index is 690. The van der Waals surface area contributed by atoms with E-state index >= 15 is 0 Å². The maximum Gasteiger partial charge on any atom is 0.223 e. The number of aryl methyl sites for hydroxylation is 2. The monoisotopic (exact) mass is 226 g/mol. The Balaban J connectivity index is 2.26. The van der Waals surface area contributed by atoms with Crippen molar-refractivity contribution in [1.29, 1.82) is 0 Å². The Hall–Kier alpha value is -2.30. The highest BCUT2D eigenvalue weighted by Gasteiger charge is 2.12. The molecule has 2 heterocycles. The van der Waals surface area contributed by atoms with Gasteiger partial charge < -0.3 is 4.52 Å². The first-order chi connectivity index (χ1) is 8.24. The molecule has 0 aliphatic carbocycles. The van der Waals surface area contributed by atoms with Gasteiger partial charge >= 0.3 is 0 Å². The zero-order valence-corrected chi connectivity index (χ0v) is 9.51. The minimum atomic E-state index is 0.484. The van der Waals surface area contributed by atoms with Gasteiger partial charge in [-0.25, -0.2) is 9.97 Å². The van der Waals surface area contributed by atoms with E-state index in [1.54, 1.807) is 6.92 Å². The normalized spacial score (nSPS) is 10.9. The quantitative estimate of drug-likeness (QED) is 0.637. The van der Waals surface area contributed by atoms with Crippen LogP contribution < -0.4 is 0 Å². The SMILES string of the molecule is Cc1nc(-c2nc3ccccc3nc2C)no1. The summed E-state index contributed by atoms with van der Waals surface area (Å²) < 4.78 is 4.96. The lowest BCUT2D eigenvalue weighted by atomic mass is 10.2. The van der Waals surface area contributed by atoms with Gasteiger partial charge in [0.15, 0.2) is 0 Å². The van der Waals surface area contributed by atoms with E-state index in [4.69, 9.17) is 4.52 Å². The largest absolute Gasteiger partial charge is 0.339 e. The van der Waals surface area contributed by atoms with Gasteiger partial charge in [0.25, 0.3) is 0 Å².